The van der Waals surface area contributed by atoms with Gasteiger partial charge in [0.05, 0.1) is 11.2 Å². The number of anilines is 1. The van der Waals surface area contributed by atoms with Crippen LogP contribution < -0.4 is 10.5 Å². The molecule has 12 heteroatoms. The van der Waals surface area contributed by atoms with E-state index in [1.807, 2.05) is 6.92 Å². The molecule has 4 rings (SSSR count). The van der Waals surface area contributed by atoms with Crippen LogP contribution >= 0.6 is 0 Å². The second kappa shape index (κ2) is 7.31. The third-order valence-corrected chi connectivity index (χ3v) is 6.24. The van der Waals surface area contributed by atoms with Gasteiger partial charge in [0.15, 0.2) is 17.7 Å². The van der Waals surface area contributed by atoms with Crippen LogP contribution in [-0.4, -0.2) is 63.0 Å². The Morgan fingerprint density at radius 3 is 2.62 bits per heavy atom. The van der Waals surface area contributed by atoms with E-state index in [0.29, 0.717) is 11.2 Å². The Morgan fingerprint density at radius 2 is 1.90 bits per heavy atom. The van der Waals surface area contributed by atoms with Crippen molar-refractivity contribution in [3.05, 3.63) is 42.5 Å². The number of aliphatic hydroxyl groups is 2. The Hall–Kier alpha value is -2.64. The second-order valence-electron chi connectivity index (χ2n) is 6.79. The Balaban J connectivity index is 1.51. The van der Waals surface area contributed by atoms with Crippen molar-refractivity contribution in [2.24, 2.45) is 0 Å². The number of ether oxygens (including phenoxy) is 1. The Morgan fingerprint density at radius 1 is 1.17 bits per heavy atom. The van der Waals surface area contributed by atoms with Gasteiger partial charge >= 0.3 is 0 Å². The molecule has 4 atom stereocenters. The number of benzene rings is 1. The zero-order chi connectivity index (χ0) is 20.8. The highest BCUT2D eigenvalue weighted by Crippen LogP contribution is 2.31. The molecule has 0 aliphatic carbocycles. The van der Waals surface area contributed by atoms with Crippen molar-refractivity contribution in [1.82, 2.24) is 24.2 Å². The molecule has 3 aromatic rings. The van der Waals surface area contributed by atoms with E-state index in [1.165, 1.54) is 29.4 Å². The summed E-state index contributed by atoms with van der Waals surface area (Å²) in [7, 11) is -3.80. The van der Waals surface area contributed by atoms with Gasteiger partial charge < -0.3 is 20.7 Å². The van der Waals surface area contributed by atoms with E-state index >= 15 is 0 Å². The second-order valence-corrected chi connectivity index (χ2v) is 8.56. The number of aryl methyl sites for hydroxylation is 1. The van der Waals surface area contributed by atoms with E-state index in [0.717, 1.165) is 5.56 Å². The molecule has 1 saturated heterocycles. The number of nitrogens with zero attached hydrogens (tertiary/aromatic N) is 4. The fraction of sp³-hybridized carbons (Fsp3) is 0.353. The van der Waals surface area contributed by atoms with E-state index in [2.05, 4.69) is 19.7 Å². The number of imidazole rings is 1. The van der Waals surface area contributed by atoms with Crippen molar-refractivity contribution in [3.63, 3.8) is 0 Å². The van der Waals surface area contributed by atoms with Gasteiger partial charge in [-0.15, -0.1) is 0 Å². The summed E-state index contributed by atoms with van der Waals surface area (Å²) < 4.78 is 34.5. The summed E-state index contributed by atoms with van der Waals surface area (Å²) >= 11 is 0. The van der Waals surface area contributed by atoms with Crippen molar-refractivity contribution in [1.29, 1.82) is 0 Å². The highest BCUT2D eigenvalue weighted by molar-refractivity contribution is 7.89. The predicted molar refractivity (Wildman–Crippen MR) is 102 cm³/mol. The van der Waals surface area contributed by atoms with Crippen molar-refractivity contribution >= 4 is 27.0 Å². The average molecular weight is 420 g/mol. The number of hydrogen-bond donors (Lipinski definition) is 4. The molecule has 0 amide bonds. The highest BCUT2D eigenvalue weighted by Gasteiger charge is 2.44. The lowest BCUT2D eigenvalue weighted by atomic mass is 10.1. The number of aromatic nitrogens is 4. The molecule has 1 fully saturated rings. The Labute approximate surface area is 166 Å². The van der Waals surface area contributed by atoms with Gasteiger partial charge in [0, 0.05) is 6.54 Å². The molecular weight excluding hydrogens is 400 g/mol. The lowest BCUT2D eigenvalue weighted by Gasteiger charge is -2.16. The molecule has 1 aliphatic rings. The Kier molecular flexibility index (Phi) is 4.96. The summed E-state index contributed by atoms with van der Waals surface area (Å²) in [5, 5.41) is 20.8. The number of nitrogen functional groups attached to an aromatic ring is 1. The van der Waals surface area contributed by atoms with Crippen LogP contribution in [0.5, 0.6) is 0 Å². The number of aliphatic hydroxyl groups excluding tert-OH is 2. The lowest BCUT2D eigenvalue weighted by molar-refractivity contribution is -0.0330. The molecule has 0 radical (unpaired) electrons. The van der Waals surface area contributed by atoms with Gasteiger partial charge in [-0.2, -0.15) is 0 Å². The number of nitrogens with one attached hydrogen (secondary N) is 1. The van der Waals surface area contributed by atoms with Crippen molar-refractivity contribution < 1.29 is 23.4 Å². The first-order chi connectivity index (χ1) is 13.8. The van der Waals surface area contributed by atoms with Gasteiger partial charge in [-0.05, 0) is 19.1 Å². The number of nitrogens with two attached hydrogens (primary N) is 1. The first kappa shape index (κ1) is 19.7. The van der Waals surface area contributed by atoms with Crippen LogP contribution in [0.3, 0.4) is 0 Å². The third-order valence-electron chi connectivity index (χ3n) is 4.80. The van der Waals surface area contributed by atoms with Gasteiger partial charge in [0.1, 0.15) is 30.2 Å². The van der Waals surface area contributed by atoms with Gasteiger partial charge in [-0.25, -0.2) is 28.1 Å². The van der Waals surface area contributed by atoms with Crippen LogP contribution in [0.25, 0.3) is 11.2 Å². The molecular formula is C17H20N6O5S. The van der Waals surface area contributed by atoms with Gasteiger partial charge in [-0.3, -0.25) is 4.57 Å². The summed E-state index contributed by atoms with van der Waals surface area (Å²) in [5.41, 5.74) is 7.36. The molecule has 29 heavy (non-hydrogen) atoms. The van der Waals surface area contributed by atoms with Crippen LogP contribution in [0, 0.1) is 6.92 Å². The Bertz CT molecular complexity index is 1130. The normalized spacial score (nSPS) is 24.9. The zero-order valence-corrected chi connectivity index (χ0v) is 16.2. The molecule has 0 spiro atoms. The fourth-order valence-electron chi connectivity index (χ4n) is 3.18. The van der Waals surface area contributed by atoms with Gasteiger partial charge in [0.25, 0.3) is 0 Å². The zero-order valence-electron chi connectivity index (χ0n) is 15.4. The van der Waals surface area contributed by atoms with Crippen molar-refractivity contribution in [2.45, 2.75) is 36.4 Å². The molecule has 0 unspecified atom stereocenters. The number of rotatable bonds is 5. The minimum atomic E-state index is -3.80. The standard InChI is InChI=1S/C17H20N6O5S/c1-9-2-4-10(5-3-9)29(26,27)22-6-11-13(24)14(25)17(28-11)23-8-21-12-15(18)19-7-20-16(12)23/h2-5,7-8,11,13-14,17,22,24-25H,6H2,1H3,(H2,18,19,20)/t11-,13-,14-,17-/m1/s1. The monoisotopic (exact) mass is 420 g/mol. The van der Waals surface area contributed by atoms with E-state index in [-0.39, 0.29) is 17.3 Å². The molecule has 3 heterocycles. The smallest absolute Gasteiger partial charge is 0.240 e. The minimum Gasteiger partial charge on any atom is -0.387 e. The van der Waals surface area contributed by atoms with Crippen LogP contribution in [0.2, 0.25) is 0 Å². The van der Waals surface area contributed by atoms with Crippen LogP contribution in [0.4, 0.5) is 5.82 Å². The summed E-state index contributed by atoms with van der Waals surface area (Å²) in [4.78, 5) is 12.1. The largest absolute Gasteiger partial charge is 0.387 e. The van der Waals surface area contributed by atoms with Crippen LogP contribution in [-0.2, 0) is 14.8 Å². The first-order valence-corrected chi connectivity index (χ1v) is 10.3. The maximum absolute atomic E-state index is 12.5. The van der Waals surface area contributed by atoms with E-state index in [9.17, 15) is 18.6 Å². The van der Waals surface area contributed by atoms with E-state index in [4.69, 9.17) is 10.5 Å². The van der Waals surface area contributed by atoms with E-state index in [1.54, 1.807) is 12.1 Å². The summed E-state index contributed by atoms with van der Waals surface area (Å²) in [6, 6.07) is 6.35. The van der Waals surface area contributed by atoms with Crippen LogP contribution in [0.1, 0.15) is 11.8 Å². The molecule has 11 nitrogen and oxygen atoms in total. The van der Waals surface area contributed by atoms with Crippen molar-refractivity contribution in [3.8, 4) is 0 Å². The summed E-state index contributed by atoms with van der Waals surface area (Å²) in [6.07, 6.45) is -2.02. The quantitative estimate of drug-likeness (QED) is 0.418. The first-order valence-electron chi connectivity index (χ1n) is 8.79. The molecule has 2 aromatic heterocycles. The minimum absolute atomic E-state index is 0.0977. The fourth-order valence-corrected chi connectivity index (χ4v) is 4.22. The van der Waals surface area contributed by atoms with E-state index < -0.39 is 34.6 Å². The molecule has 154 valence electrons. The molecule has 5 N–H and O–H groups in total. The maximum Gasteiger partial charge on any atom is 0.240 e. The lowest BCUT2D eigenvalue weighted by Crippen LogP contribution is -2.39. The van der Waals surface area contributed by atoms with Gasteiger partial charge in [0.2, 0.25) is 10.0 Å². The number of fused-ring (bicyclic) bond motifs is 1. The van der Waals surface area contributed by atoms with Crippen LogP contribution in [0.15, 0.2) is 41.8 Å². The molecule has 0 saturated carbocycles. The van der Waals surface area contributed by atoms with Gasteiger partial charge in [-0.1, -0.05) is 17.7 Å². The third kappa shape index (κ3) is 3.56. The summed E-state index contributed by atoms with van der Waals surface area (Å²) in [6.45, 7) is 1.63. The SMILES string of the molecule is Cc1ccc(S(=O)(=O)NC[C@H]2O[C@@H](n3cnc4c(N)ncnc43)[C@H](O)[C@@H]2O)cc1. The highest BCUT2D eigenvalue weighted by atomic mass is 32.2. The number of sulfonamides is 1. The molecule has 1 aliphatic heterocycles. The molecule has 1 aromatic carbocycles. The predicted octanol–water partition coefficient (Wildman–Crippen LogP) is -0.685. The topological polar surface area (TPSA) is 165 Å². The van der Waals surface area contributed by atoms with Crippen molar-refractivity contribution in [2.75, 3.05) is 12.3 Å². The average Bonchev–Trinajstić information content (AvgIpc) is 3.24. The molecule has 0 bridgehead atoms. The number of hydrogen-bond acceptors (Lipinski definition) is 9. The summed E-state index contributed by atoms with van der Waals surface area (Å²) in [5.74, 6) is 0.171. The maximum atomic E-state index is 12.5.